The highest BCUT2D eigenvalue weighted by molar-refractivity contribution is 6.42. The molecular formula is C28H26Cl4N4O5. The van der Waals surface area contributed by atoms with Crippen molar-refractivity contribution in [2.45, 2.75) is 6.54 Å². The number of primary amides is 1. The number of aromatic nitrogens is 1. The van der Waals surface area contributed by atoms with Gasteiger partial charge in [-0.1, -0.05) is 53.5 Å². The van der Waals surface area contributed by atoms with Crippen LogP contribution in [0, 0.1) is 0 Å². The van der Waals surface area contributed by atoms with Gasteiger partial charge in [-0.3, -0.25) is 14.4 Å². The molecule has 3 aromatic carbocycles. The van der Waals surface area contributed by atoms with Crippen molar-refractivity contribution in [1.29, 1.82) is 0 Å². The van der Waals surface area contributed by atoms with Crippen LogP contribution >= 0.6 is 48.0 Å². The number of pyridine rings is 1. The molecule has 1 heterocycles. The van der Waals surface area contributed by atoms with Crippen molar-refractivity contribution in [3.8, 4) is 11.6 Å². The second-order valence-corrected chi connectivity index (χ2v) is 8.76. The van der Waals surface area contributed by atoms with Crippen LogP contribution in [-0.4, -0.2) is 34.4 Å². The van der Waals surface area contributed by atoms with E-state index in [4.69, 9.17) is 38.8 Å². The Morgan fingerprint density at radius 2 is 1.54 bits per heavy atom. The molecule has 0 bridgehead atoms. The summed E-state index contributed by atoms with van der Waals surface area (Å²) in [7, 11) is 0. The lowest BCUT2D eigenvalue weighted by Crippen LogP contribution is -2.21. The number of nitrogens with two attached hydrogens (primary N) is 1. The van der Waals surface area contributed by atoms with E-state index >= 15 is 0 Å². The molecule has 0 atom stereocenters. The summed E-state index contributed by atoms with van der Waals surface area (Å²) in [6.45, 7) is 0.341. The van der Waals surface area contributed by atoms with Crippen LogP contribution in [0.4, 0.5) is 5.69 Å². The smallest absolute Gasteiger partial charge is 0.317 e. The molecule has 0 saturated heterocycles. The second kappa shape index (κ2) is 17.8. The predicted octanol–water partition coefficient (Wildman–Crippen LogP) is 6.24. The number of nitrogens with zero attached hydrogens (tertiary/aromatic N) is 1. The van der Waals surface area contributed by atoms with Gasteiger partial charge in [0, 0.05) is 23.7 Å². The van der Waals surface area contributed by atoms with Gasteiger partial charge in [0.05, 0.1) is 28.5 Å². The van der Waals surface area contributed by atoms with E-state index in [9.17, 15) is 14.4 Å². The molecule has 9 nitrogen and oxygen atoms in total. The van der Waals surface area contributed by atoms with E-state index in [0.717, 1.165) is 5.56 Å². The standard InChI is InChI=1S/C21H17Cl2N3O4.C7H7NO.2ClH/c22-17-7-3-14(9-18(17)23)21(29)26-15-4-8-19(25-11-15)30-16-5-1-13(2-6-16)10-24-12-20(27)28;8-7(9)6-4-2-1-3-5-6;;/h1-9,11,24H,10,12H2,(H,26,29)(H,27,28);1-5H,(H2,8,9);2*1H. The summed E-state index contributed by atoms with van der Waals surface area (Å²) in [6.07, 6.45) is 1.48. The fourth-order valence-electron chi connectivity index (χ4n) is 3.07. The van der Waals surface area contributed by atoms with Gasteiger partial charge in [-0.2, -0.15) is 0 Å². The Bertz CT molecular complexity index is 1420. The Hall–Kier alpha value is -3.86. The summed E-state index contributed by atoms with van der Waals surface area (Å²) < 4.78 is 5.68. The fraction of sp³-hybridized carbons (Fsp3) is 0.0714. The normalized spacial score (nSPS) is 9.61. The molecule has 216 valence electrons. The zero-order valence-corrected chi connectivity index (χ0v) is 24.4. The summed E-state index contributed by atoms with van der Waals surface area (Å²) >= 11 is 11.8. The van der Waals surface area contributed by atoms with Crippen molar-refractivity contribution in [2.75, 3.05) is 11.9 Å². The van der Waals surface area contributed by atoms with Crippen LogP contribution in [0.25, 0.3) is 0 Å². The summed E-state index contributed by atoms with van der Waals surface area (Å²) in [4.78, 5) is 37.4. The first-order chi connectivity index (χ1) is 18.7. The van der Waals surface area contributed by atoms with E-state index in [1.165, 1.54) is 12.3 Å². The first-order valence-electron chi connectivity index (χ1n) is 11.5. The van der Waals surface area contributed by atoms with Crippen molar-refractivity contribution >= 4 is 71.5 Å². The van der Waals surface area contributed by atoms with Gasteiger partial charge in [-0.15, -0.1) is 24.8 Å². The maximum Gasteiger partial charge on any atom is 0.317 e. The van der Waals surface area contributed by atoms with E-state index in [2.05, 4.69) is 15.6 Å². The number of hydrogen-bond donors (Lipinski definition) is 4. The molecule has 5 N–H and O–H groups in total. The number of amides is 2. The minimum atomic E-state index is -0.905. The average molecular weight is 640 g/mol. The number of hydrogen-bond acceptors (Lipinski definition) is 6. The number of nitrogens with one attached hydrogen (secondary N) is 2. The molecule has 13 heteroatoms. The van der Waals surface area contributed by atoms with Gasteiger partial charge in [-0.05, 0) is 54.1 Å². The molecule has 4 rings (SSSR count). The highest BCUT2D eigenvalue weighted by Gasteiger charge is 2.09. The van der Waals surface area contributed by atoms with Gasteiger partial charge in [-0.25, -0.2) is 4.98 Å². The van der Waals surface area contributed by atoms with E-state index in [1.807, 2.05) is 18.2 Å². The molecular weight excluding hydrogens is 614 g/mol. The van der Waals surface area contributed by atoms with Gasteiger partial charge in [0.2, 0.25) is 11.8 Å². The molecule has 0 aliphatic carbocycles. The second-order valence-electron chi connectivity index (χ2n) is 7.94. The van der Waals surface area contributed by atoms with E-state index in [0.29, 0.717) is 45.0 Å². The lowest BCUT2D eigenvalue weighted by atomic mass is 10.2. The number of ether oxygens (including phenoxy) is 1. The maximum absolute atomic E-state index is 12.3. The molecule has 4 aromatic rings. The Balaban J connectivity index is 0.000000654. The third-order valence-corrected chi connectivity index (χ3v) is 5.72. The van der Waals surface area contributed by atoms with Gasteiger partial charge >= 0.3 is 5.97 Å². The number of anilines is 1. The third kappa shape index (κ3) is 12.0. The molecule has 41 heavy (non-hydrogen) atoms. The van der Waals surface area contributed by atoms with Crippen LogP contribution < -0.4 is 21.1 Å². The number of benzene rings is 3. The van der Waals surface area contributed by atoms with Crippen LogP contribution in [0.3, 0.4) is 0 Å². The molecule has 0 fully saturated rings. The highest BCUT2D eigenvalue weighted by atomic mass is 35.5. The number of halogens is 4. The first kappa shape index (κ1) is 35.2. The Morgan fingerprint density at radius 1 is 0.854 bits per heavy atom. The van der Waals surface area contributed by atoms with Crippen molar-refractivity contribution in [3.63, 3.8) is 0 Å². The number of rotatable bonds is 9. The van der Waals surface area contributed by atoms with Crippen LogP contribution in [0.1, 0.15) is 26.3 Å². The van der Waals surface area contributed by atoms with Crippen molar-refractivity contribution in [1.82, 2.24) is 10.3 Å². The number of carboxylic acids is 1. The summed E-state index contributed by atoms with van der Waals surface area (Å²) in [5, 5.41) is 14.8. The van der Waals surface area contributed by atoms with E-state index in [-0.39, 0.29) is 43.2 Å². The lowest BCUT2D eigenvalue weighted by molar-refractivity contribution is -0.136. The van der Waals surface area contributed by atoms with Crippen molar-refractivity contribution in [2.24, 2.45) is 5.73 Å². The first-order valence-corrected chi connectivity index (χ1v) is 12.2. The molecule has 2 amide bonds. The minimum Gasteiger partial charge on any atom is -0.480 e. The largest absolute Gasteiger partial charge is 0.480 e. The van der Waals surface area contributed by atoms with E-state index in [1.54, 1.807) is 60.7 Å². The summed E-state index contributed by atoms with van der Waals surface area (Å²) in [5.41, 5.74) is 7.33. The van der Waals surface area contributed by atoms with Crippen LogP contribution in [0.5, 0.6) is 11.6 Å². The molecule has 0 aliphatic heterocycles. The fourth-order valence-corrected chi connectivity index (χ4v) is 3.37. The van der Waals surface area contributed by atoms with Crippen molar-refractivity contribution in [3.05, 3.63) is 118 Å². The monoisotopic (exact) mass is 638 g/mol. The van der Waals surface area contributed by atoms with Crippen LogP contribution in [0.15, 0.2) is 91.1 Å². The molecule has 0 saturated carbocycles. The number of carbonyl (C=O) groups excluding carboxylic acids is 2. The molecule has 0 aliphatic rings. The predicted molar refractivity (Wildman–Crippen MR) is 164 cm³/mol. The number of carboxylic acid groups (broad SMARTS) is 1. The molecule has 0 radical (unpaired) electrons. The highest BCUT2D eigenvalue weighted by Crippen LogP contribution is 2.24. The molecule has 1 aromatic heterocycles. The minimum absolute atomic E-state index is 0. The lowest BCUT2D eigenvalue weighted by Gasteiger charge is -2.08. The Labute approximate surface area is 258 Å². The SMILES string of the molecule is Cl.Cl.NC(=O)c1ccccc1.O=C(O)CNCc1ccc(Oc2ccc(NC(=O)c3ccc(Cl)c(Cl)c3)cn2)cc1. The zero-order valence-electron chi connectivity index (χ0n) is 21.3. The van der Waals surface area contributed by atoms with Gasteiger partial charge in [0.15, 0.2) is 0 Å². The van der Waals surface area contributed by atoms with Gasteiger partial charge in [0.25, 0.3) is 5.91 Å². The number of aliphatic carboxylic acids is 1. The van der Waals surface area contributed by atoms with E-state index < -0.39 is 5.97 Å². The van der Waals surface area contributed by atoms with Crippen LogP contribution in [0.2, 0.25) is 10.0 Å². The molecule has 0 spiro atoms. The zero-order chi connectivity index (χ0) is 28.2. The maximum atomic E-state index is 12.3. The van der Waals surface area contributed by atoms with Crippen LogP contribution in [-0.2, 0) is 11.3 Å². The topological polar surface area (TPSA) is 144 Å². The van der Waals surface area contributed by atoms with Crippen molar-refractivity contribution < 1.29 is 24.2 Å². The Morgan fingerprint density at radius 3 is 2.07 bits per heavy atom. The quantitative estimate of drug-likeness (QED) is 0.170. The third-order valence-electron chi connectivity index (χ3n) is 4.99. The number of carbonyl (C=O) groups is 3. The Kier molecular flexibility index (Phi) is 15.2. The summed E-state index contributed by atoms with van der Waals surface area (Å²) in [5.74, 6) is -0.680. The van der Waals surface area contributed by atoms with Gasteiger partial charge < -0.3 is 26.2 Å². The van der Waals surface area contributed by atoms with Gasteiger partial charge in [0.1, 0.15) is 5.75 Å². The average Bonchev–Trinajstić information content (AvgIpc) is 2.93. The molecule has 0 unspecified atom stereocenters. The summed E-state index contributed by atoms with van der Waals surface area (Å²) in [6, 6.07) is 23.9.